The molecule has 0 atom stereocenters. The van der Waals surface area contributed by atoms with Gasteiger partial charge in [-0.05, 0) is 54.4 Å². The lowest BCUT2D eigenvalue weighted by Gasteiger charge is -2.08. The van der Waals surface area contributed by atoms with Gasteiger partial charge < -0.3 is 9.47 Å². The van der Waals surface area contributed by atoms with Gasteiger partial charge in [0.05, 0.1) is 0 Å². The predicted molar refractivity (Wildman–Crippen MR) is 94.1 cm³/mol. The van der Waals surface area contributed by atoms with E-state index in [4.69, 9.17) is 9.47 Å². The van der Waals surface area contributed by atoms with Crippen molar-refractivity contribution in [2.75, 3.05) is 6.61 Å². The number of benzene rings is 3. The summed E-state index contributed by atoms with van der Waals surface area (Å²) in [5.74, 6) is -0.0735. The Labute approximate surface area is 145 Å². The maximum absolute atomic E-state index is 12.8. The van der Waals surface area contributed by atoms with E-state index in [0.29, 0.717) is 5.75 Å². The molecule has 0 amide bonds. The van der Waals surface area contributed by atoms with Gasteiger partial charge >= 0.3 is 5.97 Å². The Morgan fingerprint density at radius 3 is 1.92 bits per heavy atom. The van der Waals surface area contributed by atoms with Gasteiger partial charge in [0.25, 0.3) is 0 Å². The number of aryl methyl sites for hydroxylation is 1. The summed E-state index contributed by atoms with van der Waals surface area (Å²) in [4.78, 5) is 11.8. The highest BCUT2D eigenvalue weighted by Crippen LogP contribution is 2.22. The molecule has 0 aromatic heterocycles. The van der Waals surface area contributed by atoms with E-state index in [1.807, 2.05) is 19.1 Å². The average molecular weight is 336 g/mol. The molecule has 0 fully saturated rings. The lowest BCUT2D eigenvalue weighted by atomic mass is 10.0. The van der Waals surface area contributed by atoms with Gasteiger partial charge in [-0.25, -0.2) is 9.18 Å². The second kappa shape index (κ2) is 7.62. The standard InChI is InChI=1S/C21H17FO3/c1-15-2-4-16(5-3-15)17-6-10-19(11-7-17)24-14-21(23)25-20-12-8-18(22)9-13-20/h2-13H,14H2,1H3. The van der Waals surface area contributed by atoms with Crippen LogP contribution in [0.25, 0.3) is 11.1 Å². The van der Waals surface area contributed by atoms with E-state index in [-0.39, 0.29) is 18.2 Å². The molecule has 0 unspecified atom stereocenters. The summed E-state index contributed by atoms with van der Waals surface area (Å²) in [6.45, 7) is 1.83. The van der Waals surface area contributed by atoms with Gasteiger partial charge in [-0.3, -0.25) is 0 Å². The number of carbonyl (C=O) groups is 1. The Kier molecular flexibility index (Phi) is 5.09. The van der Waals surface area contributed by atoms with Crippen LogP contribution in [0.3, 0.4) is 0 Å². The Balaban J connectivity index is 1.55. The number of rotatable bonds is 5. The average Bonchev–Trinajstić information content (AvgIpc) is 2.63. The van der Waals surface area contributed by atoms with Crippen molar-refractivity contribution in [2.45, 2.75) is 6.92 Å². The molecule has 25 heavy (non-hydrogen) atoms. The molecule has 3 aromatic carbocycles. The van der Waals surface area contributed by atoms with E-state index in [1.165, 1.54) is 29.8 Å². The van der Waals surface area contributed by atoms with Crippen molar-refractivity contribution >= 4 is 5.97 Å². The minimum Gasteiger partial charge on any atom is -0.482 e. The van der Waals surface area contributed by atoms with Crippen LogP contribution in [0.5, 0.6) is 11.5 Å². The Bertz CT molecular complexity index is 838. The highest BCUT2D eigenvalue weighted by Gasteiger charge is 2.07. The summed E-state index contributed by atoms with van der Waals surface area (Å²) in [6.07, 6.45) is 0. The first-order chi connectivity index (χ1) is 12.1. The highest BCUT2D eigenvalue weighted by atomic mass is 19.1. The molecular formula is C21H17FO3. The van der Waals surface area contributed by atoms with E-state index >= 15 is 0 Å². The first kappa shape index (κ1) is 16.7. The van der Waals surface area contributed by atoms with E-state index in [1.54, 1.807) is 12.1 Å². The molecule has 0 heterocycles. The maximum atomic E-state index is 12.8. The third-order valence-electron chi connectivity index (χ3n) is 3.64. The zero-order valence-electron chi connectivity index (χ0n) is 13.7. The third-order valence-corrected chi connectivity index (χ3v) is 3.64. The molecule has 0 radical (unpaired) electrons. The monoisotopic (exact) mass is 336 g/mol. The first-order valence-electron chi connectivity index (χ1n) is 7.86. The normalized spacial score (nSPS) is 10.3. The molecule has 3 aromatic rings. The summed E-state index contributed by atoms with van der Waals surface area (Å²) in [5, 5.41) is 0. The number of hydrogen-bond acceptors (Lipinski definition) is 3. The highest BCUT2D eigenvalue weighted by molar-refractivity contribution is 5.74. The molecule has 0 aliphatic heterocycles. The number of halogens is 1. The van der Waals surface area contributed by atoms with Crippen molar-refractivity contribution in [3.63, 3.8) is 0 Å². The zero-order valence-corrected chi connectivity index (χ0v) is 13.7. The molecule has 0 saturated heterocycles. The van der Waals surface area contributed by atoms with Crippen LogP contribution < -0.4 is 9.47 Å². The second-order valence-electron chi connectivity index (χ2n) is 5.61. The fraction of sp³-hybridized carbons (Fsp3) is 0.0952. The van der Waals surface area contributed by atoms with Crippen LogP contribution in [0, 0.1) is 12.7 Å². The molecule has 0 N–H and O–H groups in total. The Hall–Kier alpha value is -3.14. The molecule has 3 nitrogen and oxygen atoms in total. The van der Waals surface area contributed by atoms with E-state index in [2.05, 4.69) is 24.3 Å². The predicted octanol–water partition coefficient (Wildman–Crippen LogP) is 4.79. The summed E-state index contributed by atoms with van der Waals surface area (Å²) in [5.41, 5.74) is 3.40. The minimum atomic E-state index is -0.547. The number of esters is 1. The second-order valence-corrected chi connectivity index (χ2v) is 5.61. The first-order valence-corrected chi connectivity index (χ1v) is 7.86. The van der Waals surface area contributed by atoms with Crippen LogP contribution in [-0.4, -0.2) is 12.6 Å². The molecule has 126 valence electrons. The van der Waals surface area contributed by atoms with Gasteiger partial charge in [-0.15, -0.1) is 0 Å². The summed E-state index contributed by atoms with van der Waals surface area (Å²) in [7, 11) is 0. The molecular weight excluding hydrogens is 319 g/mol. The molecule has 0 saturated carbocycles. The van der Waals surface area contributed by atoms with Crippen LogP contribution in [0.1, 0.15) is 5.56 Å². The van der Waals surface area contributed by atoms with Crippen molar-refractivity contribution in [3.05, 3.63) is 84.2 Å². The number of ether oxygens (including phenoxy) is 2. The van der Waals surface area contributed by atoms with Gasteiger partial charge in [-0.2, -0.15) is 0 Å². The fourth-order valence-electron chi connectivity index (χ4n) is 2.30. The third kappa shape index (κ3) is 4.67. The van der Waals surface area contributed by atoms with Crippen molar-refractivity contribution in [3.8, 4) is 22.6 Å². The summed E-state index contributed by atoms with van der Waals surface area (Å²) < 4.78 is 23.3. The molecule has 0 aliphatic rings. The fourth-order valence-corrected chi connectivity index (χ4v) is 2.30. The molecule has 4 heteroatoms. The van der Waals surface area contributed by atoms with Crippen molar-refractivity contribution in [2.24, 2.45) is 0 Å². The van der Waals surface area contributed by atoms with Crippen LogP contribution >= 0.6 is 0 Å². The smallest absolute Gasteiger partial charge is 0.349 e. The van der Waals surface area contributed by atoms with Crippen LogP contribution in [-0.2, 0) is 4.79 Å². The lowest BCUT2D eigenvalue weighted by molar-refractivity contribution is -0.136. The number of carbonyl (C=O) groups excluding carboxylic acids is 1. The van der Waals surface area contributed by atoms with Crippen LogP contribution in [0.2, 0.25) is 0 Å². The van der Waals surface area contributed by atoms with Gasteiger partial charge in [0.15, 0.2) is 6.61 Å². The SMILES string of the molecule is Cc1ccc(-c2ccc(OCC(=O)Oc3ccc(F)cc3)cc2)cc1. The molecule has 0 spiro atoms. The topological polar surface area (TPSA) is 35.5 Å². The largest absolute Gasteiger partial charge is 0.482 e. The quantitative estimate of drug-likeness (QED) is 0.496. The van der Waals surface area contributed by atoms with Crippen molar-refractivity contribution < 1.29 is 18.7 Å². The number of hydrogen-bond donors (Lipinski definition) is 0. The molecule has 0 bridgehead atoms. The zero-order chi connectivity index (χ0) is 17.6. The van der Waals surface area contributed by atoms with E-state index < -0.39 is 5.97 Å². The van der Waals surface area contributed by atoms with Gasteiger partial charge in [-0.1, -0.05) is 42.0 Å². The molecule has 3 rings (SSSR count). The van der Waals surface area contributed by atoms with Crippen molar-refractivity contribution in [1.82, 2.24) is 0 Å². The lowest BCUT2D eigenvalue weighted by Crippen LogP contribution is -2.17. The maximum Gasteiger partial charge on any atom is 0.349 e. The van der Waals surface area contributed by atoms with E-state index in [9.17, 15) is 9.18 Å². The minimum absolute atomic E-state index is 0.221. The summed E-state index contributed by atoms with van der Waals surface area (Å²) in [6, 6.07) is 21.0. The van der Waals surface area contributed by atoms with Gasteiger partial charge in [0.1, 0.15) is 17.3 Å². The van der Waals surface area contributed by atoms with Gasteiger partial charge in [0, 0.05) is 0 Å². The van der Waals surface area contributed by atoms with Crippen LogP contribution in [0.4, 0.5) is 4.39 Å². The Morgan fingerprint density at radius 1 is 0.800 bits per heavy atom. The Morgan fingerprint density at radius 2 is 1.32 bits per heavy atom. The van der Waals surface area contributed by atoms with E-state index in [0.717, 1.165) is 11.1 Å². The summed E-state index contributed by atoms with van der Waals surface area (Å²) >= 11 is 0. The van der Waals surface area contributed by atoms with Crippen molar-refractivity contribution in [1.29, 1.82) is 0 Å². The van der Waals surface area contributed by atoms with Gasteiger partial charge in [0.2, 0.25) is 0 Å². The molecule has 0 aliphatic carbocycles. The van der Waals surface area contributed by atoms with Crippen LogP contribution in [0.15, 0.2) is 72.8 Å².